The largest absolute Gasteiger partial charge is 0.494 e. The van der Waals surface area contributed by atoms with Crippen LogP contribution in [0.1, 0.15) is 12.8 Å². The summed E-state index contributed by atoms with van der Waals surface area (Å²) in [4.78, 5) is 11.0. The molecular formula is C12H18N4O. The van der Waals surface area contributed by atoms with Crippen LogP contribution in [-0.2, 0) is 0 Å². The molecule has 3 rings (SSSR count). The van der Waals surface area contributed by atoms with Gasteiger partial charge in [-0.1, -0.05) is 0 Å². The Morgan fingerprint density at radius 1 is 1.35 bits per heavy atom. The topological polar surface area (TPSA) is 50.3 Å². The highest BCUT2D eigenvalue weighted by molar-refractivity contribution is 5.34. The Morgan fingerprint density at radius 3 is 2.88 bits per heavy atom. The van der Waals surface area contributed by atoms with Crippen molar-refractivity contribution >= 4 is 5.95 Å². The van der Waals surface area contributed by atoms with Crippen LogP contribution in [0, 0.1) is 5.92 Å². The summed E-state index contributed by atoms with van der Waals surface area (Å²) in [7, 11) is 1.63. The lowest BCUT2D eigenvalue weighted by Crippen LogP contribution is -2.40. The second kappa shape index (κ2) is 4.49. The summed E-state index contributed by atoms with van der Waals surface area (Å²) in [6.45, 7) is 3.25. The lowest BCUT2D eigenvalue weighted by atomic mass is 9.94. The van der Waals surface area contributed by atoms with Crippen molar-refractivity contribution in [1.82, 2.24) is 15.3 Å². The van der Waals surface area contributed by atoms with Crippen molar-refractivity contribution in [3.63, 3.8) is 0 Å². The van der Waals surface area contributed by atoms with Crippen LogP contribution in [0.5, 0.6) is 5.75 Å². The number of nitrogens with zero attached hydrogens (tertiary/aromatic N) is 3. The van der Waals surface area contributed by atoms with Gasteiger partial charge in [-0.2, -0.15) is 0 Å². The average Bonchev–Trinajstić information content (AvgIpc) is 2.82. The molecule has 0 saturated carbocycles. The Balaban J connectivity index is 1.72. The van der Waals surface area contributed by atoms with E-state index in [1.165, 1.54) is 12.8 Å². The van der Waals surface area contributed by atoms with Crippen LogP contribution in [0.2, 0.25) is 0 Å². The molecule has 2 aliphatic heterocycles. The smallest absolute Gasteiger partial charge is 0.225 e. The van der Waals surface area contributed by atoms with Crippen molar-refractivity contribution in [2.45, 2.75) is 18.9 Å². The van der Waals surface area contributed by atoms with E-state index in [1.54, 1.807) is 19.5 Å². The van der Waals surface area contributed by atoms with E-state index < -0.39 is 0 Å². The van der Waals surface area contributed by atoms with Gasteiger partial charge in [-0.05, 0) is 25.3 Å². The molecule has 1 aromatic heterocycles. The third-order valence-electron chi connectivity index (χ3n) is 3.73. The number of rotatable bonds is 2. The highest BCUT2D eigenvalue weighted by Crippen LogP contribution is 2.27. The number of piperidine rings is 1. The Hall–Kier alpha value is -1.36. The molecule has 2 saturated heterocycles. The van der Waals surface area contributed by atoms with Crippen molar-refractivity contribution in [1.29, 1.82) is 0 Å². The van der Waals surface area contributed by atoms with Gasteiger partial charge in [0, 0.05) is 19.1 Å². The van der Waals surface area contributed by atoms with Crippen LogP contribution in [-0.4, -0.2) is 42.8 Å². The van der Waals surface area contributed by atoms with E-state index in [4.69, 9.17) is 4.74 Å². The lowest BCUT2D eigenvalue weighted by Gasteiger charge is -2.24. The minimum absolute atomic E-state index is 0.620. The third kappa shape index (κ3) is 2.07. The molecule has 1 aromatic rings. The Kier molecular flexibility index (Phi) is 2.84. The van der Waals surface area contributed by atoms with Crippen LogP contribution in [0.3, 0.4) is 0 Å². The molecule has 17 heavy (non-hydrogen) atoms. The molecule has 3 heterocycles. The number of ether oxygens (including phenoxy) is 1. The van der Waals surface area contributed by atoms with Crippen LogP contribution >= 0.6 is 0 Å². The average molecular weight is 234 g/mol. The van der Waals surface area contributed by atoms with Gasteiger partial charge in [0.2, 0.25) is 5.95 Å². The van der Waals surface area contributed by atoms with Gasteiger partial charge in [-0.15, -0.1) is 0 Å². The van der Waals surface area contributed by atoms with Crippen LogP contribution in [0.4, 0.5) is 5.95 Å². The quantitative estimate of drug-likeness (QED) is 0.815. The molecule has 0 aromatic carbocycles. The van der Waals surface area contributed by atoms with Gasteiger partial charge in [0.15, 0.2) is 5.75 Å². The summed E-state index contributed by atoms with van der Waals surface area (Å²) in [6.07, 6.45) is 6.08. The highest BCUT2D eigenvalue weighted by Gasteiger charge is 2.35. The second-order valence-electron chi connectivity index (χ2n) is 4.79. The molecule has 92 valence electrons. The molecule has 2 unspecified atom stereocenters. The molecule has 2 fully saturated rings. The SMILES string of the molecule is COc1cnc(N2CC3CCCNC3C2)nc1. The summed E-state index contributed by atoms with van der Waals surface area (Å²) in [5, 5.41) is 3.58. The Labute approximate surface area is 101 Å². The maximum atomic E-state index is 5.07. The van der Waals surface area contributed by atoms with E-state index in [-0.39, 0.29) is 0 Å². The normalized spacial score (nSPS) is 27.9. The zero-order valence-corrected chi connectivity index (χ0v) is 10.1. The van der Waals surface area contributed by atoms with Crippen LogP contribution < -0.4 is 15.0 Å². The number of anilines is 1. The fourth-order valence-corrected chi connectivity index (χ4v) is 2.79. The molecule has 0 bridgehead atoms. The molecular weight excluding hydrogens is 216 g/mol. The summed E-state index contributed by atoms with van der Waals surface area (Å²) in [5.74, 6) is 2.29. The first kappa shape index (κ1) is 10.8. The van der Waals surface area contributed by atoms with E-state index in [0.29, 0.717) is 11.8 Å². The first-order valence-electron chi connectivity index (χ1n) is 6.21. The molecule has 0 amide bonds. The minimum atomic E-state index is 0.620. The molecule has 5 nitrogen and oxygen atoms in total. The van der Waals surface area contributed by atoms with E-state index in [2.05, 4.69) is 20.2 Å². The van der Waals surface area contributed by atoms with Gasteiger partial charge in [0.1, 0.15) is 0 Å². The standard InChI is InChI=1S/C12H18N4O/c1-17-10-5-14-12(15-6-10)16-7-9-3-2-4-13-11(9)8-16/h5-6,9,11,13H,2-4,7-8H2,1H3. The van der Waals surface area contributed by atoms with E-state index in [1.807, 2.05) is 0 Å². The molecule has 0 spiro atoms. The summed E-state index contributed by atoms with van der Waals surface area (Å²) >= 11 is 0. The monoisotopic (exact) mass is 234 g/mol. The number of nitrogens with one attached hydrogen (secondary N) is 1. The van der Waals surface area contributed by atoms with Crippen molar-refractivity contribution in [2.24, 2.45) is 5.92 Å². The molecule has 5 heteroatoms. The zero-order chi connectivity index (χ0) is 11.7. The molecule has 1 N–H and O–H groups in total. The van der Waals surface area contributed by atoms with Gasteiger partial charge >= 0.3 is 0 Å². The number of hydrogen-bond acceptors (Lipinski definition) is 5. The van der Waals surface area contributed by atoms with E-state index in [9.17, 15) is 0 Å². The summed E-state index contributed by atoms with van der Waals surface area (Å²) in [5.41, 5.74) is 0. The maximum absolute atomic E-state index is 5.07. The zero-order valence-electron chi connectivity index (χ0n) is 10.1. The van der Waals surface area contributed by atoms with Crippen molar-refractivity contribution in [2.75, 3.05) is 31.6 Å². The molecule has 2 aliphatic rings. The first-order chi connectivity index (χ1) is 8.36. The van der Waals surface area contributed by atoms with Gasteiger partial charge in [0.05, 0.1) is 19.5 Å². The fraction of sp³-hybridized carbons (Fsp3) is 0.667. The van der Waals surface area contributed by atoms with E-state index in [0.717, 1.165) is 31.5 Å². The summed E-state index contributed by atoms with van der Waals surface area (Å²) < 4.78 is 5.07. The van der Waals surface area contributed by atoms with Gasteiger partial charge < -0.3 is 15.0 Å². The van der Waals surface area contributed by atoms with Crippen LogP contribution in [0.15, 0.2) is 12.4 Å². The second-order valence-corrected chi connectivity index (χ2v) is 4.79. The number of fused-ring (bicyclic) bond motifs is 1. The van der Waals surface area contributed by atoms with Crippen molar-refractivity contribution in [3.05, 3.63) is 12.4 Å². The predicted octanol–water partition coefficient (Wildman–Crippen LogP) is 0.673. The van der Waals surface area contributed by atoms with Crippen molar-refractivity contribution in [3.8, 4) is 5.75 Å². The lowest BCUT2D eigenvalue weighted by molar-refractivity contribution is 0.340. The minimum Gasteiger partial charge on any atom is -0.494 e. The van der Waals surface area contributed by atoms with Gasteiger partial charge in [0.25, 0.3) is 0 Å². The van der Waals surface area contributed by atoms with E-state index >= 15 is 0 Å². The number of hydrogen-bond donors (Lipinski definition) is 1. The molecule has 0 aliphatic carbocycles. The van der Waals surface area contributed by atoms with Crippen molar-refractivity contribution < 1.29 is 4.74 Å². The van der Waals surface area contributed by atoms with Crippen LogP contribution in [0.25, 0.3) is 0 Å². The molecule has 0 radical (unpaired) electrons. The maximum Gasteiger partial charge on any atom is 0.225 e. The van der Waals surface area contributed by atoms with Gasteiger partial charge in [-0.25, -0.2) is 9.97 Å². The summed E-state index contributed by atoms with van der Waals surface area (Å²) in [6, 6.07) is 0.620. The Bertz CT molecular complexity index is 367. The van der Waals surface area contributed by atoms with Gasteiger partial charge in [-0.3, -0.25) is 0 Å². The Morgan fingerprint density at radius 2 is 2.18 bits per heavy atom. The number of methoxy groups -OCH3 is 1. The number of aromatic nitrogens is 2. The fourth-order valence-electron chi connectivity index (χ4n) is 2.79. The first-order valence-corrected chi connectivity index (χ1v) is 6.21. The predicted molar refractivity (Wildman–Crippen MR) is 65.3 cm³/mol. The third-order valence-corrected chi connectivity index (χ3v) is 3.73. The highest BCUT2D eigenvalue weighted by atomic mass is 16.5. The molecule has 2 atom stereocenters.